The fourth-order valence-electron chi connectivity index (χ4n) is 2.03. The molecule has 1 aliphatic heterocycles. The molecule has 2 heterocycles. The number of halogens is 1. The monoisotopic (exact) mass is 307 g/mol. The fourth-order valence-corrected chi connectivity index (χ4v) is 2.45. The summed E-state index contributed by atoms with van der Waals surface area (Å²) in [7, 11) is 0. The SMILES string of the molecule is CC1(C#N)CCN(C(=O)c2cccnc2Br)CC1. The van der Waals surface area contributed by atoms with Gasteiger partial charge in [0.15, 0.2) is 0 Å². The minimum absolute atomic E-state index is 0.0186. The highest BCUT2D eigenvalue weighted by molar-refractivity contribution is 9.10. The van der Waals surface area contributed by atoms with Gasteiger partial charge < -0.3 is 4.90 Å². The van der Waals surface area contributed by atoms with Gasteiger partial charge in [-0.25, -0.2) is 4.98 Å². The van der Waals surface area contributed by atoms with E-state index in [9.17, 15) is 4.79 Å². The molecule has 2 rings (SSSR count). The summed E-state index contributed by atoms with van der Waals surface area (Å²) in [5.41, 5.74) is 0.293. The first kappa shape index (κ1) is 13.0. The first-order valence-electron chi connectivity index (χ1n) is 5.87. The van der Waals surface area contributed by atoms with E-state index < -0.39 is 0 Å². The molecule has 0 radical (unpaired) electrons. The lowest BCUT2D eigenvalue weighted by molar-refractivity contribution is 0.0660. The Morgan fingerprint density at radius 1 is 1.56 bits per heavy atom. The Bertz CT molecular complexity index is 501. The molecule has 1 aliphatic rings. The smallest absolute Gasteiger partial charge is 0.256 e. The molecule has 0 aliphatic carbocycles. The maximum Gasteiger partial charge on any atom is 0.256 e. The Balaban J connectivity index is 2.10. The number of hydrogen-bond acceptors (Lipinski definition) is 3. The van der Waals surface area contributed by atoms with Gasteiger partial charge in [-0.05, 0) is 47.8 Å². The Hall–Kier alpha value is -1.41. The summed E-state index contributed by atoms with van der Waals surface area (Å²) in [6.07, 6.45) is 3.10. The molecule has 1 saturated heterocycles. The molecule has 0 spiro atoms. The van der Waals surface area contributed by atoms with Gasteiger partial charge in [0.1, 0.15) is 4.60 Å². The molecular weight excluding hydrogens is 294 g/mol. The van der Waals surface area contributed by atoms with Crippen LogP contribution in [0.4, 0.5) is 0 Å². The summed E-state index contributed by atoms with van der Waals surface area (Å²) >= 11 is 3.29. The molecule has 0 bridgehead atoms. The van der Waals surface area contributed by atoms with E-state index in [-0.39, 0.29) is 11.3 Å². The molecule has 0 atom stereocenters. The predicted molar refractivity (Wildman–Crippen MR) is 70.8 cm³/mol. The topological polar surface area (TPSA) is 57.0 Å². The molecule has 0 unspecified atom stereocenters. The Labute approximate surface area is 115 Å². The lowest BCUT2D eigenvalue weighted by Gasteiger charge is -2.35. The molecule has 1 amide bonds. The van der Waals surface area contributed by atoms with E-state index in [1.165, 1.54) is 0 Å². The van der Waals surface area contributed by atoms with Crippen molar-refractivity contribution in [2.24, 2.45) is 5.41 Å². The quantitative estimate of drug-likeness (QED) is 0.749. The largest absolute Gasteiger partial charge is 0.338 e. The normalized spacial score (nSPS) is 18.2. The number of nitrogens with zero attached hydrogens (tertiary/aromatic N) is 3. The van der Waals surface area contributed by atoms with Crippen molar-refractivity contribution in [3.05, 3.63) is 28.5 Å². The average molecular weight is 308 g/mol. The highest BCUT2D eigenvalue weighted by atomic mass is 79.9. The van der Waals surface area contributed by atoms with Crippen molar-refractivity contribution in [1.82, 2.24) is 9.88 Å². The van der Waals surface area contributed by atoms with Crippen LogP contribution >= 0.6 is 15.9 Å². The zero-order chi connectivity index (χ0) is 13.2. The van der Waals surface area contributed by atoms with E-state index in [0.717, 1.165) is 12.8 Å². The van der Waals surface area contributed by atoms with Crippen LogP contribution in [0, 0.1) is 16.7 Å². The maximum atomic E-state index is 12.3. The van der Waals surface area contributed by atoms with Gasteiger partial charge >= 0.3 is 0 Å². The van der Waals surface area contributed by atoms with E-state index in [4.69, 9.17) is 5.26 Å². The van der Waals surface area contributed by atoms with Crippen LogP contribution in [0.25, 0.3) is 0 Å². The Kier molecular flexibility index (Phi) is 3.67. The summed E-state index contributed by atoms with van der Waals surface area (Å²) in [5.74, 6) is -0.0186. The number of aromatic nitrogens is 1. The molecule has 94 valence electrons. The van der Waals surface area contributed by atoms with E-state index in [0.29, 0.717) is 23.3 Å². The van der Waals surface area contributed by atoms with Crippen molar-refractivity contribution in [3.8, 4) is 6.07 Å². The minimum Gasteiger partial charge on any atom is -0.338 e. The van der Waals surface area contributed by atoms with Gasteiger partial charge in [-0.15, -0.1) is 0 Å². The number of rotatable bonds is 1. The van der Waals surface area contributed by atoms with Crippen LogP contribution in [0.15, 0.2) is 22.9 Å². The molecule has 0 N–H and O–H groups in total. The fraction of sp³-hybridized carbons (Fsp3) is 0.462. The van der Waals surface area contributed by atoms with Crippen molar-refractivity contribution in [2.75, 3.05) is 13.1 Å². The number of hydrogen-bond donors (Lipinski definition) is 0. The molecule has 5 heteroatoms. The van der Waals surface area contributed by atoms with Gasteiger partial charge in [0.25, 0.3) is 5.91 Å². The average Bonchev–Trinajstić information content (AvgIpc) is 2.39. The molecule has 0 aromatic carbocycles. The van der Waals surface area contributed by atoms with Gasteiger partial charge in [0.05, 0.1) is 17.0 Å². The first-order chi connectivity index (χ1) is 8.56. The zero-order valence-electron chi connectivity index (χ0n) is 10.2. The van der Waals surface area contributed by atoms with Gasteiger partial charge in [0, 0.05) is 19.3 Å². The van der Waals surface area contributed by atoms with Crippen molar-refractivity contribution in [1.29, 1.82) is 5.26 Å². The summed E-state index contributed by atoms with van der Waals surface area (Å²) in [4.78, 5) is 18.1. The van der Waals surface area contributed by atoms with Crippen LogP contribution in [0.5, 0.6) is 0 Å². The third-order valence-electron chi connectivity index (χ3n) is 3.41. The number of nitriles is 1. The zero-order valence-corrected chi connectivity index (χ0v) is 11.8. The molecule has 0 saturated carbocycles. The number of likely N-dealkylation sites (tertiary alicyclic amines) is 1. The highest BCUT2D eigenvalue weighted by Crippen LogP contribution is 2.30. The van der Waals surface area contributed by atoms with Crippen molar-refractivity contribution in [2.45, 2.75) is 19.8 Å². The lowest BCUT2D eigenvalue weighted by atomic mass is 9.82. The number of carbonyl (C=O) groups excluding carboxylic acids is 1. The van der Waals surface area contributed by atoms with Crippen LogP contribution < -0.4 is 0 Å². The van der Waals surface area contributed by atoms with E-state index >= 15 is 0 Å². The molecule has 18 heavy (non-hydrogen) atoms. The third kappa shape index (κ3) is 2.54. The summed E-state index contributed by atoms with van der Waals surface area (Å²) in [6, 6.07) is 5.84. The molecule has 1 fully saturated rings. The molecule has 1 aromatic rings. The number of pyridine rings is 1. The molecule has 1 aromatic heterocycles. The lowest BCUT2D eigenvalue weighted by Crippen LogP contribution is -2.41. The van der Waals surface area contributed by atoms with Gasteiger partial charge in [-0.2, -0.15) is 5.26 Å². The minimum atomic E-state index is -0.289. The van der Waals surface area contributed by atoms with Crippen LogP contribution in [0.3, 0.4) is 0 Å². The second-order valence-corrected chi connectivity index (χ2v) is 5.56. The standard InChI is InChI=1S/C13H14BrN3O/c1-13(9-15)4-7-17(8-5-13)12(18)10-3-2-6-16-11(10)14/h2-3,6H,4-5,7-8H2,1H3. The van der Waals surface area contributed by atoms with E-state index in [2.05, 4.69) is 27.0 Å². The van der Waals surface area contributed by atoms with Crippen LogP contribution in [0.1, 0.15) is 30.1 Å². The van der Waals surface area contributed by atoms with Crippen LogP contribution in [0.2, 0.25) is 0 Å². The number of amides is 1. The number of carbonyl (C=O) groups is 1. The highest BCUT2D eigenvalue weighted by Gasteiger charge is 2.32. The second kappa shape index (κ2) is 5.07. The van der Waals surface area contributed by atoms with Crippen molar-refractivity contribution < 1.29 is 4.79 Å². The summed E-state index contributed by atoms with van der Waals surface area (Å²) in [6.45, 7) is 3.21. The summed E-state index contributed by atoms with van der Waals surface area (Å²) in [5, 5.41) is 9.07. The predicted octanol–water partition coefficient (Wildman–Crippen LogP) is 2.61. The van der Waals surface area contributed by atoms with Crippen LogP contribution in [-0.4, -0.2) is 28.9 Å². The maximum absolute atomic E-state index is 12.3. The van der Waals surface area contributed by atoms with Gasteiger partial charge in [-0.3, -0.25) is 4.79 Å². The van der Waals surface area contributed by atoms with Crippen molar-refractivity contribution >= 4 is 21.8 Å². The van der Waals surface area contributed by atoms with E-state index in [1.807, 2.05) is 6.92 Å². The van der Waals surface area contributed by atoms with Crippen LogP contribution in [-0.2, 0) is 0 Å². The van der Waals surface area contributed by atoms with Crippen molar-refractivity contribution in [3.63, 3.8) is 0 Å². The molecular formula is C13H14BrN3O. The van der Waals surface area contributed by atoms with Gasteiger partial charge in [0.2, 0.25) is 0 Å². The Morgan fingerprint density at radius 2 is 2.22 bits per heavy atom. The molecule has 4 nitrogen and oxygen atoms in total. The number of piperidine rings is 1. The second-order valence-electron chi connectivity index (χ2n) is 4.81. The summed E-state index contributed by atoms with van der Waals surface area (Å²) < 4.78 is 0.573. The third-order valence-corrected chi connectivity index (χ3v) is 4.05. The van der Waals surface area contributed by atoms with E-state index in [1.54, 1.807) is 23.2 Å². The first-order valence-corrected chi connectivity index (χ1v) is 6.66. The Morgan fingerprint density at radius 3 is 2.78 bits per heavy atom. The van der Waals surface area contributed by atoms with Gasteiger partial charge in [-0.1, -0.05) is 0 Å².